The summed E-state index contributed by atoms with van der Waals surface area (Å²) in [4.78, 5) is 11.9. The first-order chi connectivity index (χ1) is 11.3. The van der Waals surface area contributed by atoms with E-state index in [9.17, 15) is 17.6 Å². The van der Waals surface area contributed by atoms with Gasteiger partial charge in [0.1, 0.15) is 5.82 Å². The SMILES string of the molecule is CN(C)S(=O)(=O)N1CCC(CNC(=O)Cc2ccc(F)cc2)CC1. The summed E-state index contributed by atoms with van der Waals surface area (Å²) in [6.07, 6.45) is 1.67. The van der Waals surface area contributed by atoms with Gasteiger partial charge in [0, 0.05) is 33.7 Å². The minimum absolute atomic E-state index is 0.107. The van der Waals surface area contributed by atoms with Crippen molar-refractivity contribution in [3.8, 4) is 0 Å². The molecule has 134 valence electrons. The van der Waals surface area contributed by atoms with Gasteiger partial charge in [-0.2, -0.15) is 17.0 Å². The van der Waals surface area contributed by atoms with Gasteiger partial charge in [-0.3, -0.25) is 4.79 Å². The van der Waals surface area contributed by atoms with Crippen LogP contribution in [-0.4, -0.2) is 56.7 Å². The van der Waals surface area contributed by atoms with Gasteiger partial charge in [0.2, 0.25) is 5.91 Å². The van der Waals surface area contributed by atoms with E-state index in [-0.39, 0.29) is 24.1 Å². The van der Waals surface area contributed by atoms with Gasteiger partial charge in [-0.25, -0.2) is 4.39 Å². The van der Waals surface area contributed by atoms with Gasteiger partial charge >= 0.3 is 0 Å². The number of hydrogen-bond acceptors (Lipinski definition) is 3. The molecular formula is C16H24FN3O3S. The van der Waals surface area contributed by atoms with Crippen LogP contribution in [0.4, 0.5) is 4.39 Å². The predicted octanol–water partition coefficient (Wildman–Crippen LogP) is 1.00. The smallest absolute Gasteiger partial charge is 0.281 e. The molecule has 8 heteroatoms. The zero-order valence-electron chi connectivity index (χ0n) is 14.0. The number of halogens is 1. The Kier molecular flexibility index (Phi) is 6.31. The molecule has 1 aromatic carbocycles. The number of carbonyl (C=O) groups excluding carboxylic acids is 1. The molecule has 1 aromatic rings. The van der Waals surface area contributed by atoms with Crippen molar-refractivity contribution in [2.75, 3.05) is 33.7 Å². The average molecular weight is 357 g/mol. The van der Waals surface area contributed by atoms with Crippen molar-refractivity contribution in [3.05, 3.63) is 35.6 Å². The van der Waals surface area contributed by atoms with Crippen molar-refractivity contribution in [1.29, 1.82) is 0 Å². The lowest BCUT2D eigenvalue weighted by molar-refractivity contribution is -0.120. The number of rotatable bonds is 6. The number of amides is 1. The fourth-order valence-electron chi connectivity index (χ4n) is 2.68. The highest BCUT2D eigenvalue weighted by Crippen LogP contribution is 2.19. The molecule has 0 spiro atoms. The van der Waals surface area contributed by atoms with Crippen molar-refractivity contribution in [1.82, 2.24) is 13.9 Å². The van der Waals surface area contributed by atoms with Crippen molar-refractivity contribution in [2.45, 2.75) is 19.3 Å². The molecule has 0 radical (unpaired) electrons. The third kappa shape index (κ3) is 4.99. The largest absolute Gasteiger partial charge is 0.356 e. The molecule has 1 amide bonds. The van der Waals surface area contributed by atoms with E-state index in [0.717, 1.165) is 18.4 Å². The molecule has 1 aliphatic rings. The van der Waals surface area contributed by atoms with Gasteiger partial charge in [-0.15, -0.1) is 0 Å². The lowest BCUT2D eigenvalue weighted by Crippen LogP contribution is -2.46. The molecule has 0 bridgehead atoms. The summed E-state index contributed by atoms with van der Waals surface area (Å²) in [7, 11) is -0.300. The Morgan fingerprint density at radius 1 is 1.25 bits per heavy atom. The second-order valence-electron chi connectivity index (χ2n) is 6.24. The van der Waals surface area contributed by atoms with E-state index in [1.165, 1.54) is 34.8 Å². The fraction of sp³-hybridized carbons (Fsp3) is 0.562. The Morgan fingerprint density at radius 2 is 1.83 bits per heavy atom. The average Bonchev–Trinajstić information content (AvgIpc) is 2.55. The number of carbonyl (C=O) groups is 1. The molecule has 2 rings (SSSR count). The Bertz CT molecular complexity index is 654. The molecule has 1 heterocycles. The Labute approximate surface area is 142 Å². The molecule has 0 aromatic heterocycles. The van der Waals surface area contributed by atoms with E-state index in [1.54, 1.807) is 12.1 Å². The number of piperidine rings is 1. The minimum atomic E-state index is -3.35. The summed E-state index contributed by atoms with van der Waals surface area (Å²) in [6, 6.07) is 5.87. The van der Waals surface area contributed by atoms with Crippen LogP contribution >= 0.6 is 0 Å². The molecule has 0 aliphatic carbocycles. The van der Waals surface area contributed by atoms with Crippen molar-refractivity contribution in [2.24, 2.45) is 5.92 Å². The Hall–Kier alpha value is -1.51. The second kappa shape index (κ2) is 8.04. The Morgan fingerprint density at radius 3 is 2.38 bits per heavy atom. The van der Waals surface area contributed by atoms with Crippen LogP contribution in [0.3, 0.4) is 0 Å². The Balaban J connectivity index is 1.74. The first-order valence-corrected chi connectivity index (χ1v) is 9.37. The van der Waals surface area contributed by atoms with Gasteiger partial charge in [0.05, 0.1) is 6.42 Å². The van der Waals surface area contributed by atoms with Crippen LogP contribution in [0.15, 0.2) is 24.3 Å². The molecule has 1 N–H and O–H groups in total. The van der Waals surface area contributed by atoms with E-state index < -0.39 is 10.2 Å². The summed E-state index contributed by atoms with van der Waals surface area (Å²) < 4.78 is 39.6. The number of benzene rings is 1. The maximum absolute atomic E-state index is 12.8. The predicted molar refractivity (Wildman–Crippen MR) is 90.0 cm³/mol. The third-order valence-electron chi connectivity index (χ3n) is 4.23. The summed E-state index contributed by atoms with van der Waals surface area (Å²) in [5.74, 6) is -0.153. The lowest BCUT2D eigenvalue weighted by atomic mass is 9.98. The van der Waals surface area contributed by atoms with Gasteiger partial charge in [0.15, 0.2) is 0 Å². The first-order valence-electron chi connectivity index (χ1n) is 7.98. The maximum Gasteiger partial charge on any atom is 0.281 e. The topological polar surface area (TPSA) is 69.7 Å². The highest BCUT2D eigenvalue weighted by molar-refractivity contribution is 7.86. The summed E-state index contributed by atoms with van der Waals surface area (Å²) in [5.41, 5.74) is 0.765. The summed E-state index contributed by atoms with van der Waals surface area (Å²) in [5, 5.41) is 2.88. The quantitative estimate of drug-likeness (QED) is 0.826. The standard InChI is InChI=1S/C16H24FN3O3S/c1-19(2)24(22,23)20-9-7-14(8-10-20)12-18-16(21)11-13-3-5-15(17)6-4-13/h3-6,14H,7-12H2,1-2H3,(H,18,21). The number of hydrogen-bond donors (Lipinski definition) is 1. The van der Waals surface area contributed by atoms with Crippen molar-refractivity contribution < 1.29 is 17.6 Å². The van der Waals surface area contributed by atoms with Gasteiger partial charge in [-0.05, 0) is 36.5 Å². The van der Waals surface area contributed by atoms with E-state index in [2.05, 4.69) is 5.32 Å². The van der Waals surface area contributed by atoms with Crippen LogP contribution in [0.25, 0.3) is 0 Å². The van der Waals surface area contributed by atoms with Crippen LogP contribution in [0.2, 0.25) is 0 Å². The van der Waals surface area contributed by atoms with Crippen LogP contribution in [-0.2, 0) is 21.4 Å². The highest BCUT2D eigenvalue weighted by Gasteiger charge is 2.29. The fourth-order valence-corrected chi connectivity index (χ4v) is 3.82. The molecule has 1 aliphatic heterocycles. The van der Waals surface area contributed by atoms with Crippen molar-refractivity contribution >= 4 is 16.1 Å². The zero-order valence-corrected chi connectivity index (χ0v) is 14.9. The molecule has 24 heavy (non-hydrogen) atoms. The molecule has 0 atom stereocenters. The monoisotopic (exact) mass is 357 g/mol. The van der Waals surface area contributed by atoms with E-state index in [0.29, 0.717) is 19.6 Å². The molecule has 6 nitrogen and oxygen atoms in total. The second-order valence-corrected chi connectivity index (χ2v) is 8.38. The van der Waals surface area contributed by atoms with Crippen LogP contribution in [0.5, 0.6) is 0 Å². The van der Waals surface area contributed by atoms with Crippen LogP contribution in [0, 0.1) is 11.7 Å². The summed E-state index contributed by atoms with van der Waals surface area (Å²) >= 11 is 0. The zero-order chi connectivity index (χ0) is 17.7. The van der Waals surface area contributed by atoms with Crippen LogP contribution in [0.1, 0.15) is 18.4 Å². The van der Waals surface area contributed by atoms with E-state index in [4.69, 9.17) is 0 Å². The lowest BCUT2D eigenvalue weighted by Gasteiger charge is -2.32. The van der Waals surface area contributed by atoms with Gasteiger partial charge in [0.25, 0.3) is 10.2 Å². The number of nitrogens with one attached hydrogen (secondary N) is 1. The highest BCUT2D eigenvalue weighted by atomic mass is 32.2. The third-order valence-corrected chi connectivity index (χ3v) is 6.17. The maximum atomic E-state index is 12.8. The van der Waals surface area contributed by atoms with Crippen LogP contribution < -0.4 is 5.32 Å². The number of nitrogens with zero attached hydrogens (tertiary/aromatic N) is 2. The van der Waals surface area contributed by atoms with Gasteiger partial charge in [-0.1, -0.05) is 12.1 Å². The molecule has 1 saturated heterocycles. The minimum Gasteiger partial charge on any atom is -0.356 e. The summed E-state index contributed by atoms with van der Waals surface area (Å²) in [6.45, 7) is 1.48. The first kappa shape index (κ1) is 18.8. The molecule has 0 saturated carbocycles. The molecular weight excluding hydrogens is 333 g/mol. The molecule has 1 fully saturated rings. The van der Waals surface area contributed by atoms with E-state index in [1.807, 2.05) is 0 Å². The molecule has 0 unspecified atom stereocenters. The van der Waals surface area contributed by atoms with E-state index >= 15 is 0 Å². The normalized spacial score (nSPS) is 17.2. The van der Waals surface area contributed by atoms with Crippen molar-refractivity contribution in [3.63, 3.8) is 0 Å². The van der Waals surface area contributed by atoms with Gasteiger partial charge < -0.3 is 5.32 Å².